The van der Waals surface area contributed by atoms with Crippen LogP contribution in [0.25, 0.3) is 10.2 Å². The van der Waals surface area contributed by atoms with E-state index < -0.39 is 0 Å². The predicted octanol–water partition coefficient (Wildman–Crippen LogP) is 3.87. The van der Waals surface area contributed by atoms with Crippen molar-refractivity contribution in [1.82, 2.24) is 9.97 Å². The second kappa shape index (κ2) is 5.75. The van der Waals surface area contributed by atoms with Gasteiger partial charge in [-0.05, 0) is 31.2 Å². The number of hydrogen-bond acceptors (Lipinski definition) is 4. The third-order valence-electron chi connectivity index (χ3n) is 3.84. The van der Waals surface area contributed by atoms with Crippen molar-refractivity contribution in [2.24, 2.45) is 5.92 Å². The average Bonchev–Trinajstić information content (AvgIpc) is 2.90. The van der Waals surface area contributed by atoms with Crippen molar-refractivity contribution in [3.63, 3.8) is 0 Å². The lowest BCUT2D eigenvalue weighted by molar-refractivity contribution is 0.446. The molecule has 102 valence electrons. The number of hydrogen-bond donors (Lipinski definition) is 0. The highest BCUT2D eigenvalue weighted by atomic mass is 79.9. The summed E-state index contributed by atoms with van der Waals surface area (Å²) in [5.74, 6) is 1.95. The van der Waals surface area contributed by atoms with E-state index in [0.717, 1.165) is 41.4 Å². The minimum Gasteiger partial charge on any atom is -0.356 e. The molecule has 0 unspecified atom stereocenters. The Morgan fingerprint density at radius 1 is 1.37 bits per heavy atom. The van der Waals surface area contributed by atoms with Crippen LogP contribution in [0, 0.1) is 5.92 Å². The molecule has 3 rings (SSSR count). The number of anilines is 1. The molecule has 3 nitrogen and oxygen atoms in total. The van der Waals surface area contributed by atoms with E-state index in [-0.39, 0.29) is 0 Å². The standard InChI is InChI=1S/C14H18BrN3S/c1-2-11-7-12-13(16-9-17-14(12)19-11)18-5-3-10(8-15)4-6-18/h7,9-10H,2-6,8H2,1H3. The molecule has 0 aliphatic carbocycles. The molecular formula is C14H18BrN3S. The van der Waals surface area contributed by atoms with E-state index >= 15 is 0 Å². The van der Waals surface area contributed by atoms with Crippen LogP contribution in [0.15, 0.2) is 12.4 Å². The maximum Gasteiger partial charge on any atom is 0.140 e. The molecule has 5 heteroatoms. The first-order valence-corrected chi connectivity index (χ1v) is 8.80. The molecule has 3 heterocycles. The van der Waals surface area contributed by atoms with Gasteiger partial charge in [-0.2, -0.15) is 0 Å². The number of rotatable bonds is 3. The molecule has 0 saturated carbocycles. The molecule has 0 spiro atoms. The van der Waals surface area contributed by atoms with Crippen molar-refractivity contribution in [1.29, 1.82) is 0 Å². The molecule has 0 radical (unpaired) electrons. The SMILES string of the molecule is CCc1cc2c(N3CCC(CBr)CC3)ncnc2s1. The number of halogens is 1. The summed E-state index contributed by atoms with van der Waals surface area (Å²) >= 11 is 5.39. The van der Waals surface area contributed by atoms with Gasteiger partial charge in [-0.1, -0.05) is 22.9 Å². The van der Waals surface area contributed by atoms with Gasteiger partial charge in [0.2, 0.25) is 0 Å². The zero-order valence-electron chi connectivity index (χ0n) is 11.1. The summed E-state index contributed by atoms with van der Waals surface area (Å²) in [6, 6.07) is 2.27. The van der Waals surface area contributed by atoms with E-state index in [0.29, 0.717) is 0 Å². The van der Waals surface area contributed by atoms with Gasteiger partial charge >= 0.3 is 0 Å². The van der Waals surface area contributed by atoms with Crippen LogP contribution in [0.5, 0.6) is 0 Å². The van der Waals surface area contributed by atoms with Crippen LogP contribution in [-0.2, 0) is 6.42 Å². The van der Waals surface area contributed by atoms with Gasteiger partial charge < -0.3 is 4.90 Å². The minimum atomic E-state index is 0.822. The molecule has 2 aromatic heterocycles. The summed E-state index contributed by atoms with van der Waals surface area (Å²) in [6.07, 6.45) is 5.29. The van der Waals surface area contributed by atoms with Crippen LogP contribution in [0.2, 0.25) is 0 Å². The Labute approximate surface area is 126 Å². The lowest BCUT2D eigenvalue weighted by Crippen LogP contribution is -2.34. The lowest BCUT2D eigenvalue weighted by Gasteiger charge is -2.32. The number of piperidine rings is 1. The summed E-state index contributed by atoms with van der Waals surface area (Å²) in [6.45, 7) is 4.42. The normalized spacial score (nSPS) is 17.3. The maximum atomic E-state index is 4.54. The summed E-state index contributed by atoms with van der Waals surface area (Å²) in [5, 5.41) is 2.36. The fraction of sp³-hybridized carbons (Fsp3) is 0.571. The highest BCUT2D eigenvalue weighted by Gasteiger charge is 2.21. The number of alkyl halides is 1. The van der Waals surface area contributed by atoms with Crippen LogP contribution in [0.3, 0.4) is 0 Å². The molecule has 1 aliphatic rings. The van der Waals surface area contributed by atoms with Gasteiger partial charge in [0.25, 0.3) is 0 Å². The molecule has 0 aromatic carbocycles. The number of fused-ring (bicyclic) bond motifs is 1. The average molecular weight is 340 g/mol. The lowest BCUT2D eigenvalue weighted by atomic mass is 9.99. The molecule has 1 fully saturated rings. The van der Waals surface area contributed by atoms with Gasteiger partial charge in [0.05, 0.1) is 5.39 Å². The Balaban J connectivity index is 1.90. The summed E-state index contributed by atoms with van der Waals surface area (Å²) in [7, 11) is 0. The highest BCUT2D eigenvalue weighted by Crippen LogP contribution is 2.32. The van der Waals surface area contributed by atoms with Crippen molar-refractivity contribution in [2.75, 3.05) is 23.3 Å². The molecule has 19 heavy (non-hydrogen) atoms. The largest absolute Gasteiger partial charge is 0.356 e. The second-order valence-electron chi connectivity index (χ2n) is 5.07. The number of nitrogens with zero attached hydrogens (tertiary/aromatic N) is 3. The Morgan fingerprint density at radius 2 is 2.16 bits per heavy atom. The minimum absolute atomic E-state index is 0.822. The Bertz CT molecular complexity index is 561. The van der Waals surface area contributed by atoms with Crippen LogP contribution in [0.4, 0.5) is 5.82 Å². The number of aryl methyl sites for hydroxylation is 1. The number of aromatic nitrogens is 2. The van der Waals surface area contributed by atoms with Crippen molar-refractivity contribution >= 4 is 43.3 Å². The highest BCUT2D eigenvalue weighted by molar-refractivity contribution is 9.09. The van der Waals surface area contributed by atoms with Gasteiger partial charge in [-0.3, -0.25) is 0 Å². The molecule has 0 atom stereocenters. The smallest absolute Gasteiger partial charge is 0.140 e. The fourth-order valence-electron chi connectivity index (χ4n) is 2.62. The Hall–Kier alpha value is -0.680. The van der Waals surface area contributed by atoms with Gasteiger partial charge in [0.15, 0.2) is 0 Å². The Kier molecular flexibility index (Phi) is 4.03. The van der Waals surface area contributed by atoms with E-state index in [1.807, 2.05) is 0 Å². The van der Waals surface area contributed by atoms with E-state index in [2.05, 4.69) is 43.8 Å². The molecule has 0 amide bonds. The van der Waals surface area contributed by atoms with Crippen molar-refractivity contribution < 1.29 is 0 Å². The van der Waals surface area contributed by atoms with E-state index in [1.165, 1.54) is 23.1 Å². The summed E-state index contributed by atoms with van der Waals surface area (Å²) in [5.41, 5.74) is 0. The van der Waals surface area contributed by atoms with E-state index in [9.17, 15) is 0 Å². The molecule has 1 aliphatic heterocycles. The first-order valence-electron chi connectivity index (χ1n) is 6.86. The van der Waals surface area contributed by atoms with Crippen molar-refractivity contribution in [3.05, 3.63) is 17.3 Å². The zero-order chi connectivity index (χ0) is 13.2. The van der Waals surface area contributed by atoms with Gasteiger partial charge in [-0.25, -0.2) is 9.97 Å². The van der Waals surface area contributed by atoms with Crippen LogP contribution in [0.1, 0.15) is 24.6 Å². The molecular weight excluding hydrogens is 322 g/mol. The third-order valence-corrected chi connectivity index (χ3v) is 5.94. The molecule has 1 saturated heterocycles. The topological polar surface area (TPSA) is 29.0 Å². The van der Waals surface area contributed by atoms with Crippen LogP contribution < -0.4 is 4.90 Å². The van der Waals surface area contributed by atoms with Gasteiger partial charge in [0.1, 0.15) is 17.0 Å². The third kappa shape index (κ3) is 2.63. The fourth-order valence-corrected chi connectivity index (χ4v) is 4.20. The van der Waals surface area contributed by atoms with Crippen LogP contribution in [-0.4, -0.2) is 28.4 Å². The number of thiophene rings is 1. The van der Waals surface area contributed by atoms with E-state index in [1.54, 1.807) is 17.7 Å². The summed E-state index contributed by atoms with van der Waals surface area (Å²) in [4.78, 5) is 13.9. The quantitative estimate of drug-likeness (QED) is 0.795. The predicted molar refractivity (Wildman–Crippen MR) is 85.5 cm³/mol. The first-order chi connectivity index (χ1) is 9.31. The Morgan fingerprint density at radius 3 is 2.84 bits per heavy atom. The molecule has 0 bridgehead atoms. The molecule has 2 aromatic rings. The van der Waals surface area contributed by atoms with Crippen LogP contribution >= 0.6 is 27.3 Å². The maximum absolute atomic E-state index is 4.54. The van der Waals surface area contributed by atoms with Crippen molar-refractivity contribution in [2.45, 2.75) is 26.2 Å². The molecule has 0 N–H and O–H groups in total. The summed E-state index contributed by atoms with van der Waals surface area (Å²) < 4.78 is 0. The van der Waals surface area contributed by atoms with Crippen molar-refractivity contribution in [3.8, 4) is 0 Å². The second-order valence-corrected chi connectivity index (χ2v) is 6.83. The first kappa shape index (κ1) is 13.3. The monoisotopic (exact) mass is 339 g/mol. The van der Waals surface area contributed by atoms with Gasteiger partial charge in [0, 0.05) is 23.3 Å². The van der Waals surface area contributed by atoms with E-state index in [4.69, 9.17) is 0 Å². The van der Waals surface area contributed by atoms with Gasteiger partial charge in [-0.15, -0.1) is 11.3 Å². The zero-order valence-corrected chi connectivity index (χ0v) is 13.5.